The molecule has 0 aliphatic heterocycles. The minimum Gasteiger partial charge on any atom is -0.504 e. The first-order valence-corrected chi connectivity index (χ1v) is 7.74. The largest absolute Gasteiger partial charge is 0.504 e. The number of hydrogen-bond acceptors (Lipinski definition) is 5. The number of benzene rings is 1. The topological polar surface area (TPSA) is 61.8 Å². The average Bonchev–Trinajstić information content (AvgIpc) is 2.65. The van der Waals surface area contributed by atoms with Gasteiger partial charge in [0.1, 0.15) is 0 Å². The Kier molecular flexibility index (Phi) is 6.18. The molecule has 0 fully saturated rings. The van der Waals surface area contributed by atoms with Crippen molar-refractivity contribution in [2.75, 3.05) is 21.3 Å². The number of carbonyl (C=O) groups excluding carboxylic acids is 2. The summed E-state index contributed by atoms with van der Waals surface area (Å²) in [6, 6.07) is 9.62. The lowest BCUT2D eigenvalue weighted by molar-refractivity contribution is -0.158. The highest BCUT2D eigenvalue weighted by molar-refractivity contribution is 5.86. The van der Waals surface area contributed by atoms with Crippen LogP contribution in [0.2, 0.25) is 0 Å². The minimum atomic E-state index is -0.658. The van der Waals surface area contributed by atoms with Crippen molar-refractivity contribution in [3.63, 3.8) is 0 Å². The zero-order chi connectivity index (χ0) is 17.5. The fourth-order valence-electron chi connectivity index (χ4n) is 3.12. The molecule has 24 heavy (non-hydrogen) atoms. The van der Waals surface area contributed by atoms with E-state index >= 15 is 0 Å². The van der Waals surface area contributed by atoms with Crippen molar-refractivity contribution in [3.8, 4) is 0 Å². The number of allylic oxidation sites excluding steroid dienone is 3. The highest BCUT2D eigenvalue weighted by atomic mass is 16.5. The maximum Gasteiger partial charge on any atom is 0.310 e. The van der Waals surface area contributed by atoms with E-state index in [4.69, 9.17) is 14.2 Å². The molecule has 0 unspecified atom stereocenters. The Morgan fingerprint density at radius 2 is 1.71 bits per heavy atom. The minimum absolute atomic E-state index is 0.336. The maximum absolute atomic E-state index is 12.4. The van der Waals surface area contributed by atoms with Gasteiger partial charge in [-0.2, -0.15) is 0 Å². The molecule has 128 valence electrons. The maximum atomic E-state index is 12.4. The van der Waals surface area contributed by atoms with Crippen LogP contribution < -0.4 is 0 Å². The van der Waals surface area contributed by atoms with Gasteiger partial charge in [-0.05, 0) is 12.0 Å². The van der Waals surface area contributed by atoms with Crippen LogP contribution in [-0.4, -0.2) is 33.3 Å². The SMILES string of the molecule is CO/C=C(\c1ccccc1)[C@H]1C=CC[C@@H](C(=O)OC)[C@@H]1C(=O)OC. The summed E-state index contributed by atoms with van der Waals surface area (Å²) in [6.07, 6.45) is 5.88. The Bertz CT molecular complexity index is 632. The normalized spacial score (nSPS) is 23.5. The van der Waals surface area contributed by atoms with Crippen molar-refractivity contribution < 1.29 is 23.8 Å². The predicted octanol–water partition coefficient (Wildman–Crippen LogP) is 2.83. The third-order valence-corrected chi connectivity index (χ3v) is 4.24. The number of methoxy groups -OCH3 is 3. The number of hydrogen-bond donors (Lipinski definition) is 0. The second-order valence-electron chi connectivity index (χ2n) is 5.54. The zero-order valence-electron chi connectivity index (χ0n) is 14.1. The lowest BCUT2D eigenvalue weighted by Gasteiger charge is -2.32. The molecule has 1 aromatic carbocycles. The van der Waals surface area contributed by atoms with Crippen LogP contribution in [0.3, 0.4) is 0 Å². The fourth-order valence-corrected chi connectivity index (χ4v) is 3.12. The Morgan fingerprint density at radius 3 is 2.29 bits per heavy atom. The number of ether oxygens (including phenoxy) is 3. The van der Waals surface area contributed by atoms with Crippen molar-refractivity contribution in [3.05, 3.63) is 54.3 Å². The first-order chi connectivity index (χ1) is 11.6. The van der Waals surface area contributed by atoms with Gasteiger partial charge in [0.15, 0.2) is 0 Å². The third kappa shape index (κ3) is 3.67. The highest BCUT2D eigenvalue weighted by Crippen LogP contribution is 2.40. The molecule has 1 aromatic rings. The summed E-state index contributed by atoms with van der Waals surface area (Å²) in [4.78, 5) is 24.6. The van der Waals surface area contributed by atoms with E-state index in [9.17, 15) is 9.59 Å². The highest BCUT2D eigenvalue weighted by Gasteiger charge is 2.43. The summed E-state index contributed by atoms with van der Waals surface area (Å²) in [5.74, 6) is -2.42. The molecular formula is C19H22O5. The van der Waals surface area contributed by atoms with Crippen molar-refractivity contribution in [1.82, 2.24) is 0 Å². The molecule has 0 N–H and O–H groups in total. The van der Waals surface area contributed by atoms with E-state index in [0.717, 1.165) is 11.1 Å². The van der Waals surface area contributed by atoms with Gasteiger partial charge < -0.3 is 14.2 Å². The molecule has 1 aliphatic carbocycles. The molecule has 3 atom stereocenters. The quantitative estimate of drug-likeness (QED) is 0.472. The molecule has 0 spiro atoms. The van der Waals surface area contributed by atoms with Gasteiger partial charge in [0.25, 0.3) is 0 Å². The summed E-state index contributed by atoms with van der Waals surface area (Å²) in [7, 11) is 4.21. The molecule has 0 heterocycles. The van der Waals surface area contributed by atoms with E-state index < -0.39 is 23.8 Å². The van der Waals surface area contributed by atoms with E-state index in [1.54, 1.807) is 13.4 Å². The summed E-state index contributed by atoms with van der Waals surface area (Å²) >= 11 is 0. The van der Waals surface area contributed by atoms with Gasteiger partial charge in [-0.3, -0.25) is 9.59 Å². The van der Waals surface area contributed by atoms with Crippen molar-refractivity contribution >= 4 is 17.5 Å². The number of rotatable bonds is 5. The van der Waals surface area contributed by atoms with Crippen LogP contribution >= 0.6 is 0 Å². The van der Waals surface area contributed by atoms with Crippen LogP contribution in [0.25, 0.3) is 5.57 Å². The average molecular weight is 330 g/mol. The predicted molar refractivity (Wildman–Crippen MR) is 89.7 cm³/mol. The van der Waals surface area contributed by atoms with E-state index in [-0.39, 0.29) is 5.92 Å². The molecule has 0 saturated heterocycles. The first kappa shape index (κ1) is 17.8. The smallest absolute Gasteiger partial charge is 0.310 e. The van der Waals surface area contributed by atoms with E-state index in [2.05, 4.69) is 0 Å². The monoisotopic (exact) mass is 330 g/mol. The number of carbonyl (C=O) groups is 2. The van der Waals surface area contributed by atoms with Gasteiger partial charge in [0, 0.05) is 11.5 Å². The third-order valence-electron chi connectivity index (χ3n) is 4.24. The molecule has 0 radical (unpaired) electrons. The standard InChI is InChI=1S/C19H22O5/c1-22-12-16(13-8-5-4-6-9-13)14-10-7-11-15(18(20)23-2)17(14)19(21)24-3/h4-10,12,14-15,17H,11H2,1-3H3/b16-12+/t14-,15-,17-/m1/s1. The Morgan fingerprint density at radius 1 is 1.04 bits per heavy atom. The summed E-state index contributed by atoms with van der Waals surface area (Å²) in [6.45, 7) is 0. The molecule has 5 nitrogen and oxygen atoms in total. The van der Waals surface area contributed by atoms with Crippen LogP contribution in [-0.2, 0) is 23.8 Å². The Labute approximate surface area is 141 Å². The summed E-state index contributed by atoms with van der Waals surface area (Å²) in [5.41, 5.74) is 1.74. The molecule has 2 rings (SSSR count). The molecular weight excluding hydrogens is 308 g/mol. The van der Waals surface area contributed by atoms with E-state index in [0.29, 0.717) is 6.42 Å². The van der Waals surface area contributed by atoms with Gasteiger partial charge in [0.2, 0.25) is 0 Å². The lowest BCUT2D eigenvalue weighted by atomic mass is 9.71. The second kappa shape index (κ2) is 8.34. The van der Waals surface area contributed by atoms with E-state index in [1.807, 2.05) is 42.5 Å². The summed E-state index contributed by atoms with van der Waals surface area (Å²) in [5, 5.41) is 0. The molecule has 1 aliphatic rings. The second-order valence-corrected chi connectivity index (χ2v) is 5.54. The van der Waals surface area contributed by atoms with Gasteiger partial charge in [-0.25, -0.2) is 0 Å². The Balaban J connectivity index is 2.48. The van der Waals surface area contributed by atoms with Gasteiger partial charge in [-0.1, -0.05) is 42.5 Å². The van der Waals surface area contributed by atoms with Crippen molar-refractivity contribution in [1.29, 1.82) is 0 Å². The zero-order valence-corrected chi connectivity index (χ0v) is 14.1. The van der Waals surface area contributed by atoms with Crippen molar-refractivity contribution in [2.45, 2.75) is 6.42 Å². The van der Waals surface area contributed by atoms with E-state index in [1.165, 1.54) is 14.2 Å². The van der Waals surface area contributed by atoms with Gasteiger partial charge in [-0.15, -0.1) is 0 Å². The molecule has 5 heteroatoms. The van der Waals surface area contributed by atoms with Crippen LogP contribution in [0.5, 0.6) is 0 Å². The fraction of sp³-hybridized carbons (Fsp3) is 0.368. The molecule has 0 amide bonds. The van der Waals surface area contributed by atoms with Crippen LogP contribution in [0, 0.1) is 17.8 Å². The van der Waals surface area contributed by atoms with Crippen LogP contribution in [0.15, 0.2) is 48.7 Å². The van der Waals surface area contributed by atoms with Crippen LogP contribution in [0.4, 0.5) is 0 Å². The first-order valence-electron chi connectivity index (χ1n) is 7.74. The van der Waals surface area contributed by atoms with Crippen molar-refractivity contribution in [2.24, 2.45) is 17.8 Å². The van der Waals surface area contributed by atoms with Crippen LogP contribution in [0.1, 0.15) is 12.0 Å². The molecule has 0 bridgehead atoms. The summed E-state index contributed by atoms with van der Waals surface area (Å²) < 4.78 is 15.1. The number of esters is 2. The molecule has 0 aromatic heterocycles. The van der Waals surface area contributed by atoms with Gasteiger partial charge in [0.05, 0.1) is 39.4 Å². The Hall–Kier alpha value is -2.56. The lowest BCUT2D eigenvalue weighted by Crippen LogP contribution is -2.38. The molecule has 0 saturated carbocycles. The van der Waals surface area contributed by atoms with Gasteiger partial charge >= 0.3 is 11.9 Å².